The molecular weight excluding hydrogens is 210 g/mol. The van der Waals surface area contributed by atoms with Gasteiger partial charge in [0.25, 0.3) is 0 Å². The van der Waals surface area contributed by atoms with Gasteiger partial charge in [-0.15, -0.1) is 0 Å². The zero-order valence-corrected chi connectivity index (χ0v) is 9.08. The lowest BCUT2D eigenvalue weighted by Crippen LogP contribution is -1.97. The van der Waals surface area contributed by atoms with Crippen LogP contribution in [0.4, 0.5) is 0 Å². The molecule has 0 radical (unpaired) electrons. The minimum Gasteiger partial charge on any atom is -0.360 e. The van der Waals surface area contributed by atoms with E-state index in [2.05, 4.69) is 20.3 Å². The van der Waals surface area contributed by atoms with Gasteiger partial charge in [-0.25, -0.2) is 0 Å². The largest absolute Gasteiger partial charge is 0.360 e. The summed E-state index contributed by atoms with van der Waals surface area (Å²) in [5.41, 5.74) is 0.931. The standard InChI is InChI=1S/C9H11N5S/c1-2-8-12-13-9(15)14(8)11-6-7-4-3-5-10-7/h3-6,10H,2H2,1H3,(H,13,15). The van der Waals surface area contributed by atoms with Crippen molar-refractivity contribution >= 4 is 18.4 Å². The summed E-state index contributed by atoms with van der Waals surface area (Å²) in [6.45, 7) is 2.01. The number of aromatic nitrogens is 4. The Kier molecular flexibility index (Phi) is 2.77. The maximum atomic E-state index is 5.05. The molecule has 0 aromatic carbocycles. The average Bonchev–Trinajstić information content (AvgIpc) is 2.84. The van der Waals surface area contributed by atoms with E-state index in [4.69, 9.17) is 12.2 Å². The van der Waals surface area contributed by atoms with Gasteiger partial charge in [0.1, 0.15) is 0 Å². The molecule has 0 spiro atoms. The molecule has 2 N–H and O–H groups in total. The van der Waals surface area contributed by atoms with Crippen LogP contribution in [0.3, 0.4) is 0 Å². The van der Waals surface area contributed by atoms with Crippen molar-refractivity contribution in [2.24, 2.45) is 5.10 Å². The van der Waals surface area contributed by atoms with Crippen LogP contribution in [0.1, 0.15) is 18.4 Å². The summed E-state index contributed by atoms with van der Waals surface area (Å²) < 4.78 is 2.13. The maximum Gasteiger partial charge on any atom is 0.216 e. The van der Waals surface area contributed by atoms with Gasteiger partial charge in [0.15, 0.2) is 5.82 Å². The van der Waals surface area contributed by atoms with E-state index in [0.29, 0.717) is 4.77 Å². The third-order valence-electron chi connectivity index (χ3n) is 1.97. The SMILES string of the molecule is CCc1n[nH]c(=S)n1N=Cc1ccc[nH]1. The smallest absolute Gasteiger partial charge is 0.216 e. The highest BCUT2D eigenvalue weighted by molar-refractivity contribution is 7.71. The van der Waals surface area contributed by atoms with Gasteiger partial charge < -0.3 is 4.98 Å². The molecule has 0 aliphatic heterocycles. The Bertz CT molecular complexity index is 505. The molecule has 0 atom stereocenters. The van der Waals surface area contributed by atoms with Crippen LogP contribution in [0.15, 0.2) is 23.4 Å². The molecule has 2 heterocycles. The number of nitrogens with one attached hydrogen (secondary N) is 2. The van der Waals surface area contributed by atoms with Crippen molar-refractivity contribution in [1.82, 2.24) is 19.9 Å². The predicted molar refractivity (Wildman–Crippen MR) is 60.6 cm³/mol. The van der Waals surface area contributed by atoms with E-state index in [1.807, 2.05) is 25.3 Å². The fraction of sp³-hybridized carbons (Fsp3) is 0.222. The van der Waals surface area contributed by atoms with Crippen LogP contribution in [-0.2, 0) is 6.42 Å². The third kappa shape index (κ3) is 2.04. The number of aryl methyl sites for hydroxylation is 1. The second-order valence-corrected chi connectivity index (χ2v) is 3.37. The van der Waals surface area contributed by atoms with E-state index in [1.54, 1.807) is 10.9 Å². The van der Waals surface area contributed by atoms with E-state index in [-0.39, 0.29) is 0 Å². The van der Waals surface area contributed by atoms with Gasteiger partial charge in [0.2, 0.25) is 4.77 Å². The predicted octanol–water partition coefficient (Wildman–Crippen LogP) is 1.71. The topological polar surface area (TPSA) is 61.8 Å². The molecular formula is C9H11N5S. The van der Waals surface area contributed by atoms with Crippen molar-refractivity contribution in [3.63, 3.8) is 0 Å². The van der Waals surface area contributed by atoms with Gasteiger partial charge >= 0.3 is 0 Å². The molecule has 0 amide bonds. The number of rotatable bonds is 3. The van der Waals surface area contributed by atoms with Gasteiger partial charge in [-0.05, 0) is 24.4 Å². The molecule has 0 aliphatic rings. The first kappa shape index (κ1) is 9.85. The zero-order valence-electron chi connectivity index (χ0n) is 8.27. The molecule has 0 saturated heterocycles. The van der Waals surface area contributed by atoms with E-state index in [1.165, 1.54) is 0 Å². The first-order valence-corrected chi connectivity index (χ1v) is 5.06. The van der Waals surface area contributed by atoms with Crippen LogP contribution < -0.4 is 0 Å². The molecule has 2 aromatic rings. The zero-order chi connectivity index (χ0) is 10.7. The Balaban J connectivity index is 2.31. The van der Waals surface area contributed by atoms with E-state index >= 15 is 0 Å². The second-order valence-electron chi connectivity index (χ2n) is 2.98. The third-order valence-corrected chi connectivity index (χ3v) is 2.23. The summed E-state index contributed by atoms with van der Waals surface area (Å²) in [5.74, 6) is 0.822. The lowest BCUT2D eigenvalue weighted by Gasteiger charge is -1.95. The van der Waals surface area contributed by atoms with Crippen LogP contribution in [0.5, 0.6) is 0 Å². The van der Waals surface area contributed by atoms with Crippen LogP contribution in [-0.4, -0.2) is 26.1 Å². The Labute approximate surface area is 91.8 Å². The molecule has 5 nitrogen and oxygen atoms in total. The molecule has 6 heteroatoms. The van der Waals surface area contributed by atoms with Crippen molar-refractivity contribution in [2.45, 2.75) is 13.3 Å². The Hall–Kier alpha value is -1.69. The summed E-state index contributed by atoms with van der Waals surface area (Å²) in [5, 5.41) is 11.0. The number of H-pyrrole nitrogens is 2. The Morgan fingerprint density at radius 3 is 3.20 bits per heavy atom. The summed E-state index contributed by atoms with van der Waals surface area (Å²) >= 11 is 5.05. The van der Waals surface area contributed by atoms with E-state index in [9.17, 15) is 0 Å². The Morgan fingerprint density at radius 1 is 1.67 bits per heavy atom. The molecule has 15 heavy (non-hydrogen) atoms. The molecule has 0 bridgehead atoms. The number of nitrogens with zero attached hydrogens (tertiary/aromatic N) is 3. The van der Waals surface area contributed by atoms with E-state index < -0.39 is 0 Å². The monoisotopic (exact) mass is 221 g/mol. The molecule has 2 rings (SSSR count). The number of hydrogen-bond acceptors (Lipinski definition) is 3. The fourth-order valence-electron chi connectivity index (χ4n) is 1.22. The van der Waals surface area contributed by atoms with Crippen LogP contribution in [0, 0.1) is 4.77 Å². The molecule has 2 aromatic heterocycles. The van der Waals surface area contributed by atoms with Gasteiger partial charge in [-0.1, -0.05) is 6.92 Å². The summed E-state index contributed by atoms with van der Waals surface area (Å²) in [6, 6.07) is 3.84. The summed E-state index contributed by atoms with van der Waals surface area (Å²) in [4.78, 5) is 3.03. The van der Waals surface area contributed by atoms with Gasteiger partial charge in [0.05, 0.1) is 11.9 Å². The van der Waals surface area contributed by atoms with E-state index in [0.717, 1.165) is 17.9 Å². The van der Waals surface area contributed by atoms with Crippen LogP contribution >= 0.6 is 12.2 Å². The van der Waals surface area contributed by atoms with Gasteiger partial charge in [-0.2, -0.15) is 14.9 Å². The van der Waals surface area contributed by atoms with Crippen molar-refractivity contribution in [3.05, 3.63) is 34.6 Å². The second kappa shape index (κ2) is 4.22. The Morgan fingerprint density at radius 2 is 2.53 bits per heavy atom. The normalized spacial score (nSPS) is 11.3. The molecule has 0 unspecified atom stereocenters. The highest BCUT2D eigenvalue weighted by atomic mass is 32.1. The minimum atomic E-state index is 0.509. The van der Waals surface area contributed by atoms with Gasteiger partial charge in [0, 0.05) is 12.6 Å². The summed E-state index contributed by atoms with van der Waals surface area (Å²) in [7, 11) is 0. The first-order valence-electron chi connectivity index (χ1n) is 4.65. The minimum absolute atomic E-state index is 0.509. The number of aromatic amines is 2. The molecule has 0 fully saturated rings. The lowest BCUT2D eigenvalue weighted by atomic mass is 10.5. The highest BCUT2D eigenvalue weighted by Gasteiger charge is 2.00. The number of hydrogen-bond donors (Lipinski definition) is 2. The highest BCUT2D eigenvalue weighted by Crippen LogP contribution is 1.98. The van der Waals surface area contributed by atoms with Crippen LogP contribution in [0.2, 0.25) is 0 Å². The average molecular weight is 221 g/mol. The maximum absolute atomic E-state index is 5.05. The van der Waals surface area contributed by atoms with Crippen molar-refractivity contribution < 1.29 is 0 Å². The van der Waals surface area contributed by atoms with Gasteiger partial charge in [-0.3, -0.25) is 5.10 Å². The van der Waals surface area contributed by atoms with Crippen molar-refractivity contribution in [2.75, 3.05) is 0 Å². The van der Waals surface area contributed by atoms with Crippen LogP contribution in [0.25, 0.3) is 0 Å². The fourth-order valence-corrected chi connectivity index (χ4v) is 1.41. The molecule has 0 aliphatic carbocycles. The molecule has 0 saturated carbocycles. The lowest BCUT2D eigenvalue weighted by molar-refractivity contribution is 0.780. The summed E-state index contributed by atoms with van der Waals surface area (Å²) in [6.07, 6.45) is 4.34. The van der Waals surface area contributed by atoms with Crippen molar-refractivity contribution in [1.29, 1.82) is 0 Å². The van der Waals surface area contributed by atoms with Crippen molar-refractivity contribution in [3.8, 4) is 0 Å². The quantitative estimate of drug-likeness (QED) is 0.612. The molecule has 78 valence electrons. The first-order chi connectivity index (χ1) is 7.31.